The van der Waals surface area contributed by atoms with E-state index in [-0.39, 0.29) is 11.5 Å². The molecule has 2 atom stereocenters. The lowest BCUT2D eigenvalue weighted by Gasteiger charge is -2.45. The van der Waals surface area contributed by atoms with E-state index in [1.54, 1.807) is 12.1 Å². The molecule has 0 bridgehead atoms. The lowest BCUT2D eigenvalue weighted by Crippen LogP contribution is -2.53. The second-order valence-corrected chi connectivity index (χ2v) is 8.40. The number of rotatable bonds is 6. The molecule has 2 fully saturated rings. The van der Waals surface area contributed by atoms with Crippen molar-refractivity contribution in [1.29, 1.82) is 0 Å². The zero-order valence-corrected chi connectivity index (χ0v) is 16.8. The third-order valence-corrected chi connectivity index (χ3v) is 6.34. The summed E-state index contributed by atoms with van der Waals surface area (Å²) in [7, 11) is 0. The van der Waals surface area contributed by atoms with E-state index >= 15 is 0 Å². The fraction of sp³-hybridized carbons (Fsp3) is 0.500. The molecule has 150 valence electrons. The van der Waals surface area contributed by atoms with Crippen LogP contribution in [-0.4, -0.2) is 36.8 Å². The maximum Gasteiger partial charge on any atom is 0.146 e. The Balaban J connectivity index is 1.38. The van der Waals surface area contributed by atoms with Gasteiger partial charge in [0.15, 0.2) is 0 Å². The Bertz CT molecular complexity index is 768. The molecular formula is C24H31FN2O. The molecule has 2 saturated heterocycles. The maximum atomic E-state index is 14.1. The molecular weight excluding hydrogens is 351 g/mol. The molecule has 0 radical (unpaired) electrons. The van der Waals surface area contributed by atoms with Crippen LogP contribution in [0.1, 0.15) is 38.2 Å². The minimum atomic E-state index is -0.209. The molecule has 1 unspecified atom stereocenters. The molecule has 2 aromatic carbocycles. The van der Waals surface area contributed by atoms with E-state index < -0.39 is 0 Å². The number of nitrogens with zero attached hydrogens (tertiary/aromatic N) is 2. The number of halogens is 1. The summed E-state index contributed by atoms with van der Waals surface area (Å²) in [6.45, 7) is 6.86. The predicted molar refractivity (Wildman–Crippen MR) is 112 cm³/mol. The smallest absolute Gasteiger partial charge is 0.146 e. The van der Waals surface area contributed by atoms with E-state index in [2.05, 4.69) is 41.0 Å². The van der Waals surface area contributed by atoms with Crippen LogP contribution in [0, 0.1) is 11.7 Å². The van der Waals surface area contributed by atoms with Gasteiger partial charge in [-0.05, 0) is 56.2 Å². The van der Waals surface area contributed by atoms with Crippen LogP contribution in [0.25, 0.3) is 0 Å². The van der Waals surface area contributed by atoms with E-state index in [1.165, 1.54) is 18.4 Å². The van der Waals surface area contributed by atoms with Crippen molar-refractivity contribution in [2.24, 2.45) is 5.92 Å². The van der Waals surface area contributed by atoms with Gasteiger partial charge in [-0.25, -0.2) is 4.39 Å². The molecule has 3 nitrogen and oxygen atoms in total. The van der Waals surface area contributed by atoms with Gasteiger partial charge in [-0.1, -0.05) is 42.5 Å². The van der Waals surface area contributed by atoms with Crippen molar-refractivity contribution in [1.82, 2.24) is 4.90 Å². The number of hydrogen-bond acceptors (Lipinski definition) is 3. The number of likely N-dealkylation sites (tertiary alicyclic amines) is 1. The molecule has 28 heavy (non-hydrogen) atoms. The Hall–Kier alpha value is -1.91. The zero-order valence-electron chi connectivity index (χ0n) is 16.8. The molecule has 2 aliphatic heterocycles. The summed E-state index contributed by atoms with van der Waals surface area (Å²) in [6, 6.07) is 17.6. The number of benzene rings is 2. The lowest BCUT2D eigenvalue weighted by molar-refractivity contribution is -0.174. The normalized spacial score (nSPS) is 25.9. The van der Waals surface area contributed by atoms with Gasteiger partial charge in [0.05, 0.1) is 12.3 Å². The predicted octanol–water partition coefficient (Wildman–Crippen LogP) is 5.07. The molecule has 4 heteroatoms. The van der Waals surface area contributed by atoms with Crippen LogP contribution < -0.4 is 4.90 Å². The van der Waals surface area contributed by atoms with Crippen LogP contribution in [0.4, 0.5) is 10.1 Å². The summed E-state index contributed by atoms with van der Waals surface area (Å²) in [5.74, 6) is 0.439. The Morgan fingerprint density at radius 1 is 1.04 bits per heavy atom. The van der Waals surface area contributed by atoms with Crippen molar-refractivity contribution in [3.63, 3.8) is 0 Å². The molecule has 0 amide bonds. The first-order chi connectivity index (χ1) is 13.6. The van der Waals surface area contributed by atoms with Crippen LogP contribution in [0.3, 0.4) is 0 Å². The van der Waals surface area contributed by atoms with Crippen LogP contribution >= 0.6 is 0 Å². The van der Waals surface area contributed by atoms with Gasteiger partial charge in [-0.3, -0.25) is 4.90 Å². The fourth-order valence-electron chi connectivity index (χ4n) is 4.63. The summed E-state index contributed by atoms with van der Waals surface area (Å²) < 4.78 is 20.6. The molecule has 4 rings (SSSR count). The van der Waals surface area contributed by atoms with Gasteiger partial charge >= 0.3 is 0 Å². The van der Waals surface area contributed by atoms with Crippen molar-refractivity contribution < 1.29 is 9.13 Å². The second kappa shape index (κ2) is 8.62. The first-order valence-electron chi connectivity index (χ1n) is 10.6. The molecule has 0 spiro atoms. The number of anilines is 1. The van der Waals surface area contributed by atoms with E-state index in [0.29, 0.717) is 12.5 Å². The highest BCUT2D eigenvalue weighted by molar-refractivity contribution is 5.48. The topological polar surface area (TPSA) is 15.7 Å². The van der Waals surface area contributed by atoms with Crippen molar-refractivity contribution in [2.45, 2.75) is 44.9 Å². The summed E-state index contributed by atoms with van der Waals surface area (Å²) in [4.78, 5) is 4.74. The van der Waals surface area contributed by atoms with Crippen molar-refractivity contribution in [3.8, 4) is 0 Å². The molecule has 2 heterocycles. The Morgan fingerprint density at radius 3 is 2.64 bits per heavy atom. The molecule has 0 aromatic heterocycles. The molecule has 0 aliphatic carbocycles. The summed E-state index contributed by atoms with van der Waals surface area (Å²) >= 11 is 0. The van der Waals surface area contributed by atoms with Crippen LogP contribution in [-0.2, 0) is 11.3 Å². The highest BCUT2D eigenvalue weighted by Crippen LogP contribution is 2.33. The van der Waals surface area contributed by atoms with Crippen molar-refractivity contribution in [3.05, 3.63) is 66.0 Å². The highest BCUT2D eigenvalue weighted by atomic mass is 19.1. The van der Waals surface area contributed by atoms with Gasteiger partial charge in [-0.15, -0.1) is 0 Å². The molecule has 2 aliphatic rings. The summed E-state index contributed by atoms with van der Waals surface area (Å²) in [5, 5.41) is 0. The summed E-state index contributed by atoms with van der Waals surface area (Å²) in [6.07, 6.45) is 4.63. The monoisotopic (exact) mass is 382 g/mol. The standard InChI is InChI=1S/C24H31FN2O/c1-24(28-19-20-9-3-2-4-10-20)14-7-8-15-27(24)18-21-13-16-26(17-21)23-12-6-5-11-22(23)25/h2-6,9-12,21H,7-8,13-19H2,1H3/t21-,24?/m1/s1. The van der Waals surface area contributed by atoms with Crippen LogP contribution in [0.2, 0.25) is 0 Å². The third-order valence-electron chi connectivity index (χ3n) is 6.34. The number of piperidine rings is 1. The van der Waals surface area contributed by atoms with Gasteiger partial charge in [0.25, 0.3) is 0 Å². The molecule has 0 saturated carbocycles. The first kappa shape index (κ1) is 19.4. The largest absolute Gasteiger partial charge is 0.369 e. The summed E-state index contributed by atoms with van der Waals surface area (Å²) in [5.41, 5.74) is 1.76. The minimum Gasteiger partial charge on any atom is -0.369 e. The Kier molecular flexibility index (Phi) is 5.98. The van der Waals surface area contributed by atoms with Gasteiger partial charge < -0.3 is 9.64 Å². The van der Waals surface area contributed by atoms with E-state index in [0.717, 1.165) is 44.7 Å². The van der Waals surface area contributed by atoms with Crippen molar-refractivity contribution in [2.75, 3.05) is 31.1 Å². The van der Waals surface area contributed by atoms with Gasteiger partial charge in [0.1, 0.15) is 11.5 Å². The van der Waals surface area contributed by atoms with Crippen LogP contribution in [0.5, 0.6) is 0 Å². The number of hydrogen-bond donors (Lipinski definition) is 0. The molecule has 2 aromatic rings. The maximum absolute atomic E-state index is 14.1. The van der Waals surface area contributed by atoms with Gasteiger partial charge in [-0.2, -0.15) is 0 Å². The fourth-order valence-corrected chi connectivity index (χ4v) is 4.63. The van der Waals surface area contributed by atoms with Gasteiger partial charge in [0.2, 0.25) is 0 Å². The SMILES string of the molecule is CC1(OCc2ccccc2)CCCCN1C[C@@H]1CCN(c2ccccc2F)C1. The highest BCUT2D eigenvalue weighted by Gasteiger charge is 2.37. The van der Waals surface area contributed by atoms with E-state index in [9.17, 15) is 4.39 Å². The third kappa shape index (κ3) is 4.39. The Labute approximate surface area is 168 Å². The minimum absolute atomic E-state index is 0.114. The van der Waals surface area contributed by atoms with Crippen molar-refractivity contribution >= 4 is 5.69 Å². The lowest BCUT2D eigenvalue weighted by atomic mass is 9.97. The van der Waals surface area contributed by atoms with Crippen LogP contribution in [0.15, 0.2) is 54.6 Å². The van der Waals surface area contributed by atoms with E-state index in [4.69, 9.17) is 4.74 Å². The quantitative estimate of drug-likeness (QED) is 0.694. The van der Waals surface area contributed by atoms with E-state index in [1.807, 2.05) is 18.2 Å². The second-order valence-electron chi connectivity index (χ2n) is 8.40. The average Bonchev–Trinajstić information content (AvgIpc) is 3.18. The number of ether oxygens (including phenoxy) is 1. The Morgan fingerprint density at radius 2 is 1.82 bits per heavy atom. The number of para-hydroxylation sites is 1. The van der Waals surface area contributed by atoms with Gasteiger partial charge in [0, 0.05) is 26.2 Å². The molecule has 0 N–H and O–H groups in total. The average molecular weight is 383 g/mol. The first-order valence-corrected chi connectivity index (χ1v) is 10.6. The zero-order chi connectivity index (χ0) is 19.4.